The number of primary amides is 1. The highest BCUT2D eigenvalue weighted by molar-refractivity contribution is 5.94. The number of pyridine rings is 2. The van der Waals surface area contributed by atoms with Crippen molar-refractivity contribution in [1.29, 1.82) is 0 Å². The summed E-state index contributed by atoms with van der Waals surface area (Å²) in [7, 11) is 2.15. The molecule has 6 rings (SSSR count). The van der Waals surface area contributed by atoms with Gasteiger partial charge in [0.2, 0.25) is 5.91 Å². The Morgan fingerprint density at radius 1 is 0.900 bits per heavy atom. The molecule has 1 amide bonds. The molecule has 0 radical (unpaired) electrons. The number of benzene rings is 2. The first-order valence-electron chi connectivity index (χ1n) is 13.5. The molecule has 0 atom stereocenters. The first-order valence-corrected chi connectivity index (χ1v) is 13.5. The van der Waals surface area contributed by atoms with E-state index in [1.165, 1.54) is 12.1 Å². The molecule has 5 aromatic rings. The number of nitrogens with zero attached hydrogens (tertiary/aromatic N) is 5. The minimum atomic E-state index is -0.418. The third kappa shape index (κ3) is 5.36. The SMILES string of the molecule is CN1CCN(CCc2cc(C(N)=O)ccc2-c2ccn3c(-c4ccnc(-c5ccc(F)cc5)c4)cnc3c2)CC1. The van der Waals surface area contributed by atoms with Crippen LogP contribution in [-0.4, -0.2) is 69.8 Å². The predicted molar refractivity (Wildman–Crippen MR) is 155 cm³/mol. The van der Waals surface area contributed by atoms with Crippen LogP contribution in [-0.2, 0) is 6.42 Å². The number of hydrogen-bond donors (Lipinski definition) is 1. The second-order valence-electron chi connectivity index (χ2n) is 10.4. The van der Waals surface area contributed by atoms with Gasteiger partial charge in [-0.3, -0.25) is 14.2 Å². The van der Waals surface area contributed by atoms with Crippen LogP contribution in [0.2, 0.25) is 0 Å². The van der Waals surface area contributed by atoms with Gasteiger partial charge in [-0.15, -0.1) is 0 Å². The van der Waals surface area contributed by atoms with Crippen LogP contribution in [0.5, 0.6) is 0 Å². The van der Waals surface area contributed by atoms with Crippen molar-refractivity contribution in [2.45, 2.75) is 6.42 Å². The number of nitrogens with two attached hydrogens (primary N) is 1. The molecule has 0 aliphatic carbocycles. The van der Waals surface area contributed by atoms with E-state index in [1.807, 2.05) is 36.7 Å². The Kier molecular flexibility index (Phi) is 7.11. The highest BCUT2D eigenvalue weighted by atomic mass is 19.1. The lowest BCUT2D eigenvalue weighted by molar-refractivity contribution is 0.1000. The molecule has 3 aromatic heterocycles. The molecule has 40 heavy (non-hydrogen) atoms. The van der Waals surface area contributed by atoms with Crippen LogP contribution < -0.4 is 5.73 Å². The van der Waals surface area contributed by atoms with E-state index >= 15 is 0 Å². The summed E-state index contributed by atoms with van der Waals surface area (Å²) in [5.41, 5.74) is 13.7. The van der Waals surface area contributed by atoms with E-state index in [1.54, 1.807) is 24.4 Å². The molecule has 2 N–H and O–H groups in total. The van der Waals surface area contributed by atoms with Crippen molar-refractivity contribution < 1.29 is 9.18 Å². The Morgan fingerprint density at radius 2 is 1.70 bits per heavy atom. The zero-order valence-electron chi connectivity index (χ0n) is 22.4. The van der Waals surface area contributed by atoms with Crippen LogP contribution in [0.3, 0.4) is 0 Å². The third-order valence-electron chi connectivity index (χ3n) is 7.70. The number of likely N-dealkylation sites (N-methyl/N-ethyl adjacent to an activating group) is 1. The monoisotopic (exact) mass is 534 g/mol. The van der Waals surface area contributed by atoms with Crippen molar-refractivity contribution in [3.63, 3.8) is 0 Å². The number of imidazole rings is 1. The first-order chi connectivity index (χ1) is 19.4. The maximum atomic E-state index is 13.4. The average molecular weight is 535 g/mol. The topological polar surface area (TPSA) is 79.8 Å². The Morgan fingerprint density at radius 3 is 2.48 bits per heavy atom. The first kappa shape index (κ1) is 25.9. The normalized spacial score (nSPS) is 14.6. The second-order valence-corrected chi connectivity index (χ2v) is 10.4. The highest BCUT2D eigenvalue weighted by Gasteiger charge is 2.16. The van der Waals surface area contributed by atoms with Gasteiger partial charge in [0.15, 0.2) is 0 Å². The Labute approximate surface area is 232 Å². The van der Waals surface area contributed by atoms with Gasteiger partial charge in [0, 0.05) is 61.8 Å². The van der Waals surface area contributed by atoms with E-state index in [0.717, 1.165) is 84.0 Å². The molecular weight excluding hydrogens is 503 g/mol. The zero-order chi connectivity index (χ0) is 27.6. The van der Waals surface area contributed by atoms with E-state index in [2.05, 4.69) is 38.4 Å². The van der Waals surface area contributed by atoms with Crippen LogP contribution in [0.15, 0.2) is 85.3 Å². The van der Waals surface area contributed by atoms with Crippen molar-refractivity contribution in [3.05, 3.63) is 102 Å². The van der Waals surface area contributed by atoms with Crippen LogP contribution in [0, 0.1) is 5.82 Å². The van der Waals surface area contributed by atoms with Crippen molar-refractivity contribution in [1.82, 2.24) is 24.2 Å². The lowest BCUT2D eigenvalue weighted by Gasteiger charge is -2.32. The molecule has 1 aliphatic rings. The van der Waals surface area contributed by atoms with Crippen LogP contribution >= 0.6 is 0 Å². The molecule has 8 heteroatoms. The van der Waals surface area contributed by atoms with Gasteiger partial charge in [0.1, 0.15) is 11.5 Å². The molecule has 1 saturated heterocycles. The third-order valence-corrected chi connectivity index (χ3v) is 7.70. The summed E-state index contributed by atoms with van der Waals surface area (Å²) in [6, 6.07) is 20.2. The molecule has 1 fully saturated rings. The number of aromatic nitrogens is 3. The lowest BCUT2D eigenvalue weighted by Crippen LogP contribution is -2.45. The smallest absolute Gasteiger partial charge is 0.248 e. The summed E-state index contributed by atoms with van der Waals surface area (Å²) in [5.74, 6) is -0.692. The van der Waals surface area contributed by atoms with Gasteiger partial charge in [-0.05, 0) is 90.8 Å². The van der Waals surface area contributed by atoms with E-state index < -0.39 is 5.91 Å². The minimum Gasteiger partial charge on any atom is -0.366 e. The largest absolute Gasteiger partial charge is 0.366 e. The van der Waals surface area contributed by atoms with Crippen LogP contribution in [0.25, 0.3) is 39.3 Å². The number of fused-ring (bicyclic) bond motifs is 1. The van der Waals surface area contributed by atoms with Gasteiger partial charge in [-0.1, -0.05) is 6.07 Å². The zero-order valence-corrected chi connectivity index (χ0v) is 22.4. The van der Waals surface area contributed by atoms with Crippen LogP contribution in [0.1, 0.15) is 15.9 Å². The van der Waals surface area contributed by atoms with Gasteiger partial charge >= 0.3 is 0 Å². The lowest BCUT2D eigenvalue weighted by atomic mass is 9.95. The fourth-order valence-corrected chi connectivity index (χ4v) is 5.32. The molecule has 7 nitrogen and oxygen atoms in total. The average Bonchev–Trinajstić information content (AvgIpc) is 3.40. The maximum absolute atomic E-state index is 13.4. The standard InChI is InChI=1S/C32H31FN6O/c1-37-14-16-38(17-15-37)12-9-23-18-26(32(34)40)4-7-28(23)24-10-13-39-30(21-36-31(39)20-24)25-8-11-35-29(19-25)22-2-5-27(33)6-3-22/h2-8,10-11,13,18-21H,9,12,14-17H2,1H3,(H2,34,40). The van der Waals surface area contributed by atoms with Crippen molar-refractivity contribution >= 4 is 11.6 Å². The van der Waals surface area contributed by atoms with Gasteiger partial charge < -0.3 is 15.5 Å². The summed E-state index contributed by atoms with van der Waals surface area (Å²) >= 11 is 0. The van der Waals surface area contributed by atoms with Crippen molar-refractivity contribution in [2.24, 2.45) is 5.73 Å². The molecule has 0 unspecified atom stereocenters. The molecular formula is C32H31FN6O. The van der Waals surface area contributed by atoms with Crippen molar-refractivity contribution in [3.8, 4) is 33.6 Å². The number of carbonyl (C=O) groups excluding carboxylic acids is 1. The molecule has 0 bridgehead atoms. The number of hydrogen-bond acceptors (Lipinski definition) is 5. The Hall–Kier alpha value is -4.40. The second kappa shape index (κ2) is 11.0. The quantitative estimate of drug-likeness (QED) is 0.326. The van der Waals surface area contributed by atoms with Gasteiger partial charge in [-0.25, -0.2) is 9.37 Å². The number of amides is 1. The predicted octanol–water partition coefficient (Wildman–Crippen LogP) is 4.76. The van der Waals surface area contributed by atoms with E-state index in [4.69, 9.17) is 10.7 Å². The van der Waals surface area contributed by atoms with Crippen LogP contribution in [0.4, 0.5) is 4.39 Å². The fraction of sp³-hybridized carbons (Fsp3) is 0.219. The number of rotatable bonds is 7. The number of carbonyl (C=O) groups is 1. The molecule has 2 aromatic carbocycles. The summed E-state index contributed by atoms with van der Waals surface area (Å²) < 4.78 is 15.5. The number of piperazine rings is 1. The molecule has 0 saturated carbocycles. The molecule has 0 spiro atoms. The van der Waals surface area contributed by atoms with E-state index in [9.17, 15) is 9.18 Å². The summed E-state index contributed by atoms with van der Waals surface area (Å²) in [5, 5.41) is 0. The molecule has 1 aliphatic heterocycles. The summed E-state index contributed by atoms with van der Waals surface area (Å²) in [6.45, 7) is 5.15. The summed E-state index contributed by atoms with van der Waals surface area (Å²) in [4.78, 5) is 26.0. The number of halogens is 1. The fourth-order valence-electron chi connectivity index (χ4n) is 5.32. The van der Waals surface area contributed by atoms with Crippen molar-refractivity contribution in [2.75, 3.05) is 39.8 Å². The van der Waals surface area contributed by atoms with Gasteiger partial charge in [0.25, 0.3) is 0 Å². The van der Waals surface area contributed by atoms with Gasteiger partial charge in [-0.2, -0.15) is 0 Å². The highest BCUT2D eigenvalue weighted by Crippen LogP contribution is 2.30. The summed E-state index contributed by atoms with van der Waals surface area (Å²) in [6.07, 6.45) is 6.47. The Balaban J connectivity index is 1.31. The van der Waals surface area contributed by atoms with Gasteiger partial charge in [0.05, 0.1) is 17.6 Å². The Bertz CT molecular complexity index is 1670. The van der Waals surface area contributed by atoms with E-state index in [0.29, 0.717) is 5.56 Å². The molecule has 202 valence electrons. The van der Waals surface area contributed by atoms with E-state index in [-0.39, 0.29) is 5.82 Å². The minimum absolute atomic E-state index is 0.274. The molecule has 4 heterocycles. The maximum Gasteiger partial charge on any atom is 0.248 e.